The molecule has 2 aromatic rings. The van der Waals surface area contributed by atoms with Crippen molar-refractivity contribution in [1.29, 1.82) is 0 Å². The van der Waals surface area contributed by atoms with Gasteiger partial charge in [0.25, 0.3) is 0 Å². The van der Waals surface area contributed by atoms with Crippen molar-refractivity contribution < 1.29 is 0 Å². The van der Waals surface area contributed by atoms with Crippen LogP contribution >= 0.6 is 0 Å². The topological polar surface area (TPSA) is 0 Å². The molecule has 0 aromatic heterocycles. The van der Waals surface area contributed by atoms with E-state index in [4.69, 9.17) is 0 Å². The van der Waals surface area contributed by atoms with Gasteiger partial charge in [0.15, 0.2) is 0 Å². The lowest BCUT2D eigenvalue weighted by molar-refractivity contribution is 1.48. The summed E-state index contributed by atoms with van der Waals surface area (Å²) in [4.78, 5) is 0. The highest BCUT2D eigenvalue weighted by molar-refractivity contribution is 5.32. The number of aryl methyl sites for hydroxylation is 1. The monoisotopic (exact) mass is 248 g/mol. The Kier molecular flexibility index (Phi) is 10.5. The van der Waals surface area contributed by atoms with Crippen molar-refractivity contribution in [2.45, 2.75) is 20.8 Å². The second kappa shape index (κ2) is 12.0. The van der Waals surface area contributed by atoms with Gasteiger partial charge < -0.3 is 0 Å². The minimum atomic E-state index is 1.08. The highest BCUT2D eigenvalue weighted by Gasteiger charge is 1.77. The Hall–Kier alpha value is -2.44. The lowest BCUT2D eigenvalue weighted by Crippen LogP contribution is -1.67. The molecule has 2 rings (SSSR count). The largest absolute Gasteiger partial charge is 0.120 e. The van der Waals surface area contributed by atoms with Crippen LogP contribution in [0.1, 0.15) is 25.0 Å². The molecule has 0 aliphatic heterocycles. The highest BCUT2D eigenvalue weighted by atomic mass is 13.8. The molecule has 96 valence electrons. The van der Waals surface area contributed by atoms with E-state index in [1.165, 1.54) is 5.56 Å². The van der Waals surface area contributed by atoms with Gasteiger partial charge in [0.2, 0.25) is 0 Å². The van der Waals surface area contributed by atoms with Crippen LogP contribution in [0, 0.1) is 31.1 Å². The predicted octanol–water partition coefficient (Wildman–Crippen LogP) is 4.69. The van der Waals surface area contributed by atoms with Gasteiger partial charge in [-0.3, -0.25) is 0 Å². The van der Waals surface area contributed by atoms with Gasteiger partial charge in [-0.25, -0.2) is 0 Å². The molecule has 0 N–H and O–H groups in total. The molecule has 0 unspecified atom stereocenters. The molecule has 0 spiro atoms. The standard InChI is InChI=1S/C9H8.C7H8.C3H4/c1-2-6-9-7-4-3-5-8-9;1-7-5-3-2-4-6-7;1-3-2/h3-5,7-8H,1H3;2-6H,1H3;1H,2H3. The van der Waals surface area contributed by atoms with E-state index in [-0.39, 0.29) is 0 Å². The molecular formula is C19H20. The normalized spacial score (nSPS) is 7.26. The Morgan fingerprint density at radius 1 is 0.789 bits per heavy atom. The summed E-state index contributed by atoms with van der Waals surface area (Å²) in [6, 6.07) is 20.2. The minimum absolute atomic E-state index is 1.08. The molecule has 0 atom stereocenters. The molecule has 0 heteroatoms. The van der Waals surface area contributed by atoms with E-state index in [9.17, 15) is 0 Å². The van der Waals surface area contributed by atoms with E-state index >= 15 is 0 Å². The maximum Gasteiger partial charge on any atom is 0.0245 e. The van der Waals surface area contributed by atoms with Crippen LogP contribution in [0.3, 0.4) is 0 Å². The van der Waals surface area contributed by atoms with Crippen molar-refractivity contribution in [3.8, 4) is 24.2 Å². The summed E-state index contributed by atoms with van der Waals surface area (Å²) in [7, 11) is 0. The molecule has 0 fully saturated rings. The quantitative estimate of drug-likeness (QED) is 0.593. The summed E-state index contributed by atoms with van der Waals surface area (Å²) in [6.45, 7) is 5.58. The molecule has 0 aliphatic rings. The minimum Gasteiger partial charge on any atom is -0.120 e. The molecule has 2 aromatic carbocycles. The highest BCUT2D eigenvalue weighted by Crippen LogP contribution is 1.94. The fourth-order valence-corrected chi connectivity index (χ4v) is 1.20. The van der Waals surface area contributed by atoms with E-state index in [1.54, 1.807) is 6.92 Å². The molecule has 0 amide bonds. The van der Waals surface area contributed by atoms with Crippen LogP contribution in [0.4, 0.5) is 0 Å². The van der Waals surface area contributed by atoms with E-state index in [0.717, 1.165) is 5.56 Å². The van der Waals surface area contributed by atoms with Crippen molar-refractivity contribution in [3.05, 3.63) is 71.8 Å². The van der Waals surface area contributed by atoms with Crippen molar-refractivity contribution in [2.75, 3.05) is 0 Å². The van der Waals surface area contributed by atoms with Crippen molar-refractivity contribution in [1.82, 2.24) is 0 Å². The first-order chi connectivity index (χ1) is 9.24. The second-order valence-corrected chi connectivity index (χ2v) is 3.68. The van der Waals surface area contributed by atoms with Crippen LogP contribution in [-0.4, -0.2) is 0 Å². The fourth-order valence-electron chi connectivity index (χ4n) is 1.20. The van der Waals surface area contributed by atoms with Crippen molar-refractivity contribution >= 4 is 0 Å². The first kappa shape index (κ1) is 16.6. The van der Waals surface area contributed by atoms with E-state index < -0.39 is 0 Å². The summed E-state index contributed by atoms with van der Waals surface area (Å²) >= 11 is 0. The second-order valence-electron chi connectivity index (χ2n) is 3.68. The first-order valence-corrected chi connectivity index (χ1v) is 6.11. The molecule has 0 saturated heterocycles. The molecular weight excluding hydrogens is 228 g/mol. The van der Waals surface area contributed by atoms with Gasteiger partial charge in [-0.2, -0.15) is 0 Å². The van der Waals surface area contributed by atoms with Gasteiger partial charge in [0.05, 0.1) is 0 Å². The number of hydrogen-bond donors (Lipinski definition) is 0. The van der Waals surface area contributed by atoms with Crippen molar-refractivity contribution in [3.63, 3.8) is 0 Å². The van der Waals surface area contributed by atoms with Gasteiger partial charge in [0, 0.05) is 5.56 Å². The average Bonchev–Trinajstić information content (AvgIpc) is 2.43. The third kappa shape index (κ3) is 10.4. The van der Waals surface area contributed by atoms with Crippen LogP contribution < -0.4 is 0 Å². The molecule has 0 nitrogen and oxygen atoms in total. The van der Waals surface area contributed by atoms with Gasteiger partial charge >= 0.3 is 0 Å². The number of benzene rings is 2. The van der Waals surface area contributed by atoms with Gasteiger partial charge in [-0.05, 0) is 32.9 Å². The number of terminal acetylenes is 1. The smallest absolute Gasteiger partial charge is 0.0245 e. The number of rotatable bonds is 0. The molecule has 0 aliphatic carbocycles. The number of hydrogen-bond acceptors (Lipinski definition) is 0. The van der Waals surface area contributed by atoms with Crippen LogP contribution in [0.25, 0.3) is 0 Å². The van der Waals surface area contributed by atoms with Crippen LogP contribution in [0.5, 0.6) is 0 Å². The lowest BCUT2D eigenvalue weighted by atomic mass is 10.2. The molecule has 0 bridgehead atoms. The van der Waals surface area contributed by atoms with Gasteiger partial charge in [0.1, 0.15) is 0 Å². The van der Waals surface area contributed by atoms with E-state index in [0.29, 0.717) is 0 Å². The van der Waals surface area contributed by atoms with Crippen molar-refractivity contribution in [2.24, 2.45) is 0 Å². The molecule has 0 saturated carbocycles. The lowest BCUT2D eigenvalue weighted by Gasteiger charge is -1.83. The third-order valence-corrected chi connectivity index (χ3v) is 1.98. The Bertz CT molecular complexity index is 519. The predicted molar refractivity (Wildman–Crippen MR) is 84.7 cm³/mol. The maximum absolute atomic E-state index is 4.60. The maximum atomic E-state index is 4.60. The average molecular weight is 248 g/mol. The summed E-state index contributed by atoms with van der Waals surface area (Å²) < 4.78 is 0. The third-order valence-electron chi connectivity index (χ3n) is 1.98. The molecule has 0 radical (unpaired) electrons. The van der Waals surface area contributed by atoms with Gasteiger partial charge in [-0.1, -0.05) is 60.0 Å². The first-order valence-electron chi connectivity index (χ1n) is 6.11. The van der Waals surface area contributed by atoms with Crippen LogP contribution in [-0.2, 0) is 0 Å². The SMILES string of the molecule is C#CC.CC#Cc1ccccc1.Cc1ccccc1. The zero-order valence-corrected chi connectivity index (χ0v) is 11.9. The molecule has 19 heavy (non-hydrogen) atoms. The van der Waals surface area contributed by atoms with E-state index in [1.807, 2.05) is 55.5 Å². The Morgan fingerprint density at radius 2 is 1.21 bits per heavy atom. The summed E-state index contributed by atoms with van der Waals surface area (Å²) in [5, 5.41) is 0. The van der Waals surface area contributed by atoms with Crippen LogP contribution in [0.15, 0.2) is 60.7 Å². The van der Waals surface area contributed by atoms with Gasteiger partial charge in [-0.15, -0.1) is 18.3 Å². The molecule has 0 heterocycles. The zero-order chi connectivity index (χ0) is 14.3. The summed E-state index contributed by atoms with van der Waals surface area (Å²) in [5.74, 6) is 8.04. The summed E-state index contributed by atoms with van der Waals surface area (Å²) in [5.41, 5.74) is 2.41. The zero-order valence-electron chi connectivity index (χ0n) is 11.9. The van der Waals surface area contributed by atoms with Crippen LogP contribution in [0.2, 0.25) is 0 Å². The fraction of sp³-hybridized carbons (Fsp3) is 0.158. The Balaban J connectivity index is 0.000000289. The van der Waals surface area contributed by atoms with E-state index in [2.05, 4.69) is 43.2 Å². The Labute approximate surface area is 117 Å². The summed E-state index contributed by atoms with van der Waals surface area (Å²) in [6.07, 6.45) is 4.60. The Morgan fingerprint density at radius 3 is 1.53 bits per heavy atom.